The molecule has 0 bridgehead atoms. The molecule has 0 aliphatic carbocycles. The van der Waals surface area contributed by atoms with E-state index in [9.17, 15) is 22.0 Å². The van der Waals surface area contributed by atoms with Crippen molar-refractivity contribution in [1.29, 1.82) is 0 Å². The third kappa shape index (κ3) is 3.27. The number of fused-ring (bicyclic) bond motifs is 1. The smallest absolute Gasteiger partial charge is 0.280 e. The number of sulfone groups is 1. The van der Waals surface area contributed by atoms with Gasteiger partial charge in [-0.15, -0.1) is 0 Å². The molecule has 0 unspecified atom stereocenters. The summed E-state index contributed by atoms with van der Waals surface area (Å²) in [4.78, 5) is 16.3. The Morgan fingerprint density at radius 1 is 1.19 bits per heavy atom. The SMILES string of the molecule is CCS(=O)(=O)c1ccc(Cl)cc1Nn1cnc2cc(F)c(F)cc2c1=O. The lowest BCUT2D eigenvalue weighted by molar-refractivity contribution is 0.510. The average Bonchev–Trinajstić information content (AvgIpc) is 2.59. The Balaban J connectivity index is 2.16. The molecule has 10 heteroatoms. The van der Waals surface area contributed by atoms with Gasteiger partial charge in [0.15, 0.2) is 21.5 Å². The van der Waals surface area contributed by atoms with Crippen molar-refractivity contribution in [3.05, 3.63) is 63.7 Å². The molecule has 0 aliphatic heterocycles. The number of halogens is 3. The van der Waals surface area contributed by atoms with E-state index in [-0.39, 0.29) is 32.3 Å². The molecule has 136 valence electrons. The monoisotopic (exact) mass is 399 g/mol. The topological polar surface area (TPSA) is 81.1 Å². The van der Waals surface area contributed by atoms with Crippen LogP contribution in [0, 0.1) is 11.6 Å². The van der Waals surface area contributed by atoms with Crippen molar-refractivity contribution in [1.82, 2.24) is 9.66 Å². The van der Waals surface area contributed by atoms with Crippen LogP contribution in [0.1, 0.15) is 6.92 Å². The van der Waals surface area contributed by atoms with E-state index >= 15 is 0 Å². The Bertz CT molecular complexity index is 1180. The molecule has 0 atom stereocenters. The molecule has 0 saturated heterocycles. The molecule has 0 spiro atoms. The summed E-state index contributed by atoms with van der Waals surface area (Å²) in [5, 5.41) is 0.0818. The van der Waals surface area contributed by atoms with E-state index in [2.05, 4.69) is 10.4 Å². The molecular formula is C16H12ClF2N3O3S. The third-order valence-electron chi connectivity index (χ3n) is 3.70. The number of rotatable bonds is 4. The zero-order valence-corrected chi connectivity index (χ0v) is 14.9. The first-order valence-corrected chi connectivity index (χ1v) is 9.41. The van der Waals surface area contributed by atoms with Gasteiger partial charge in [0.2, 0.25) is 0 Å². The molecule has 1 aromatic heterocycles. The maximum atomic E-state index is 13.4. The first kappa shape index (κ1) is 18.3. The van der Waals surface area contributed by atoms with Crippen molar-refractivity contribution in [2.75, 3.05) is 11.2 Å². The van der Waals surface area contributed by atoms with Crippen molar-refractivity contribution in [3.63, 3.8) is 0 Å². The highest BCUT2D eigenvalue weighted by Crippen LogP contribution is 2.26. The van der Waals surface area contributed by atoms with Gasteiger partial charge in [0.1, 0.15) is 6.33 Å². The molecule has 2 aromatic carbocycles. The molecule has 3 rings (SSSR count). The van der Waals surface area contributed by atoms with Gasteiger partial charge in [0.05, 0.1) is 27.2 Å². The van der Waals surface area contributed by atoms with Crippen LogP contribution in [0.15, 0.2) is 46.3 Å². The summed E-state index contributed by atoms with van der Waals surface area (Å²) >= 11 is 5.92. The summed E-state index contributed by atoms with van der Waals surface area (Å²) in [5.74, 6) is -2.47. The predicted octanol–water partition coefficient (Wildman–Crippen LogP) is 3.00. The minimum Gasteiger partial charge on any atom is -0.289 e. The molecule has 26 heavy (non-hydrogen) atoms. The number of benzene rings is 2. The molecule has 1 heterocycles. The van der Waals surface area contributed by atoms with E-state index in [1.54, 1.807) is 0 Å². The first-order valence-electron chi connectivity index (χ1n) is 7.38. The maximum Gasteiger partial charge on any atom is 0.280 e. The Hall–Kier alpha value is -2.52. The van der Waals surface area contributed by atoms with Crippen molar-refractivity contribution < 1.29 is 17.2 Å². The maximum absolute atomic E-state index is 13.4. The predicted molar refractivity (Wildman–Crippen MR) is 94.1 cm³/mol. The highest BCUT2D eigenvalue weighted by Gasteiger charge is 2.18. The van der Waals surface area contributed by atoms with Crippen LogP contribution < -0.4 is 11.0 Å². The normalized spacial score (nSPS) is 11.7. The molecule has 0 aliphatic rings. The first-order chi connectivity index (χ1) is 12.2. The van der Waals surface area contributed by atoms with Gasteiger partial charge in [-0.1, -0.05) is 18.5 Å². The van der Waals surface area contributed by atoms with Gasteiger partial charge in [-0.25, -0.2) is 26.9 Å². The van der Waals surface area contributed by atoms with Gasteiger partial charge in [-0.3, -0.25) is 10.2 Å². The summed E-state index contributed by atoms with van der Waals surface area (Å²) in [6.07, 6.45) is 1.05. The van der Waals surface area contributed by atoms with Gasteiger partial charge in [0, 0.05) is 11.1 Å². The molecule has 0 radical (unpaired) electrons. The fraction of sp³-hybridized carbons (Fsp3) is 0.125. The Kier molecular flexibility index (Phi) is 4.68. The lowest BCUT2D eigenvalue weighted by Gasteiger charge is -2.14. The lowest BCUT2D eigenvalue weighted by atomic mass is 10.2. The number of anilines is 1. The molecule has 0 saturated carbocycles. The zero-order valence-electron chi connectivity index (χ0n) is 13.3. The number of aromatic nitrogens is 2. The number of hydrogen-bond acceptors (Lipinski definition) is 5. The van der Waals surface area contributed by atoms with Crippen LogP contribution in [0.2, 0.25) is 5.02 Å². The molecule has 6 nitrogen and oxygen atoms in total. The third-order valence-corrected chi connectivity index (χ3v) is 5.72. The average molecular weight is 400 g/mol. The van der Waals surface area contributed by atoms with Gasteiger partial charge >= 0.3 is 0 Å². The Morgan fingerprint density at radius 3 is 2.58 bits per heavy atom. The Labute approximate surface area is 151 Å². The van der Waals surface area contributed by atoms with Crippen LogP contribution in [-0.4, -0.2) is 23.8 Å². The van der Waals surface area contributed by atoms with E-state index in [1.807, 2.05) is 0 Å². The summed E-state index contributed by atoms with van der Waals surface area (Å²) in [6.45, 7) is 1.48. The second kappa shape index (κ2) is 6.65. The van der Waals surface area contributed by atoms with E-state index < -0.39 is 27.0 Å². The fourth-order valence-corrected chi connectivity index (χ4v) is 3.54. The fourth-order valence-electron chi connectivity index (χ4n) is 2.34. The van der Waals surface area contributed by atoms with Crippen LogP contribution in [0.4, 0.5) is 14.5 Å². The van der Waals surface area contributed by atoms with Crippen molar-refractivity contribution in [3.8, 4) is 0 Å². The van der Waals surface area contributed by atoms with Crippen molar-refractivity contribution in [2.24, 2.45) is 0 Å². The standard InChI is InChI=1S/C16H12ClF2N3O3S/c1-2-26(24,25)15-4-3-9(17)5-14(15)21-22-8-20-13-7-12(19)11(18)6-10(13)16(22)23/h3-8,21H,2H2,1H3. The minimum atomic E-state index is -3.60. The van der Waals surface area contributed by atoms with Crippen LogP contribution in [0.25, 0.3) is 10.9 Å². The number of nitrogens with one attached hydrogen (secondary N) is 1. The van der Waals surface area contributed by atoms with Gasteiger partial charge in [0.25, 0.3) is 5.56 Å². The lowest BCUT2D eigenvalue weighted by Crippen LogP contribution is -2.27. The second-order valence-corrected chi connectivity index (χ2v) is 8.04. The highest BCUT2D eigenvalue weighted by molar-refractivity contribution is 7.91. The van der Waals surface area contributed by atoms with Crippen LogP contribution in [0.5, 0.6) is 0 Å². The molecule has 3 aromatic rings. The van der Waals surface area contributed by atoms with Gasteiger partial charge in [-0.05, 0) is 24.3 Å². The van der Waals surface area contributed by atoms with Crippen LogP contribution >= 0.6 is 11.6 Å². The summed E-state index contributed by atoms with van der Waals surface area (Å²) in [5.41, 5.74) is 1.91. The highest BCUT2D eigenvalue weighted by atomic mass is 35.5. The summed E-state index contributed by atoms with van der Waals surface area (Å²) in [7, 11) is -3.60. The van der Waals surface area contributed by atoms with E-state index in [0.717, 1.165) is 23.1 Å². The summed E-state index contributed by atoms with van der Waals surface area (Å²) < 4.78 is 52.0. The van der Waals surface area contributed by atoms with E-state index in [0.29, 0.717) is 0 Å². The number of hydrogen-bond donors (Lipinski definition) is 1. The summed E-state index contributed by atoms with van der Waals surface area (Å²) in [6, 6.07) is 5.61. The van der Waals surface area contributed by atoms with Crippen molar-refractivity contribution in [2.45, 2.75) is 11.8 Å². The molecule has 0 fully saturated rings. The van der Waals surface area contributed by atoms with E-state index in [4.69, 9.17) is 11.6 Å². The zero-order chi connectivity index (χ0) is 19.1. The quantitative estimate of drug-likeness (QED) is 0.729. The second-order valence-electron chi connectivity index (χ2n) is 5.36. The molecule has 0 amide bonds. The van der Waals surface area contributed by atoms with Crippen LogP contribution in [-0.2, 0) is 9.84 Å². The largest absolute Gasteiger partial charge is 0.289 e. The van der Waals surface area contributed by atoms with Gasteiger partial charge in [-0.2, -0.15) is 0 Å². The van der Waals surface area contributed by atoms with Crippen LogP contribution in [0.3, 0.4) is 0 Å². The molecule has 1 N–H and O–H groups in total. The number of nitrogens with zero attached hydrogens (tertiary/aromatic N) is 2. The Morgan fingerprint density at radius 2 is 1.88 bits per heavy atom. The molecular weight excluding hydrogens is 388 g/mol. The van der Waals surface area contributed by atoms with Crippen molar-refractivity contribution >= 4 is 38.0 Å². The van der Waals surface area contributed by atoms with E-state index in [1.165, 1.54) is 25.1 Å². The van der Waals surface area contributed by atoms with Gasteiger partial charge < -0.3 is 0 Å². The minimum absolute atomic E-state index is 0.0283.